The zero-order valence-electron chi connectivity index (χ0n) is 14.8. The number of ether oxygens (including phenoxy) is 1. The first-order valence-corrected chi connectivity index (χ1v) is 9.16. The Hall–Kier alpha value is -3.35. The quantitative estimate of drug-likeness (QED) is 0.605. The van der Waals surface area contributed by atoms with E-state index in [1.807, 2.05) is 41.2 Å². The van der Waals surface area contributed by atoms with Crippen molar-refractivity contribution in [1.82, 2.24) is 24.7 Å². The van der Waals surface area contributed by atoms with E-state index >= 15 is 0 Å². The number of hydrogen-bond donors (Lipinski definition) is 1. The van der Waals surface area contributed by atoms with Gasteiger partial charge in [-0.15, -0.1) is 10.2 Å². The molecule has 1 aromatic carbocycles. The van der Waals surface area contributed by atoms with Crippen LogP contribution in [0.15, 0.2) is 61.3 Å². The Balaban J connectivity index is 1.23. The number of nitrogens with zero attached hydrogens (tertiary/aromatic N) is 5. The second kappa shape index (κ2) is 6.75. The van der Waals surface area contributed by atoms with Crippen LogP contribution in [0.25, 0.3) is 16.7 Å². The summed E-state index contributed by atoms with van der Waals surface area (Å²) in [5, 5.41) is 9.83. The van der Waals surface area contributed by atoms with E-state index in [-0.39, 0.29) is 6.10 Å². The number of aromatic nitrogens is 5. The SMILES string of the molecule is c1cc(OC2CCN(c3ccc(-n4ccnc4)nn3)CC2)c2cc[nH]c2c1. The molecule has 0 saturated carbocycles. The Kier molecular flexibility index (Phi) is 3.97. The number of aromatic amines is 1. The molecule has 1 N–H and O–H groups in total. The number of H-pyrrole nitrogens is 1. The van der Waals surface area contributed by atoms with Crippen LogP contribution in [0, 0.1) is 0 Å². The van der Waals surface area contributed by atoms with Crippen molar-refractivity contribution in [3.8, 4) is 11.6 Å². The van der Waals surface area contributed by atoms with E-state index in [2.05, 4.69) is 37.2 Å². The summed E-state index contributed by atoms with van der Waals surface area (Å²) in [5.41, 5.74) is 1.11. The van der Waals surface area contributed by atoms with E-state index in [0.29, 0.717) is 0 Å². The third-order valence-corrected chi connectivity index (χ3v) is 5.02. The number of imidazole rings is 1. The highest BCUT2D eigenvalue weighted by molar-refractivity contribution is 5.85. The number of benzene rings is 1. The molecule has 0 bridgehead atoms. The summed E-state index contributed by atoms with van der Waals surface area (Å²) in [6.07, 6.45) is 9.41. The lowest BCUT2D eigenvalue weighted by Gasteiger charge is -2.32. The van der Waals surface area contributed by atoms with Gasteiger partial charge in [0.1, 0.15) is 18.2 Å². The molecule has 1 fully saturated rings. The Labute approximate surface area is 156 Å². The standard InChI is InChI=1S/C20H20N6O/c1-2-17-16(6-9-22-17)18(3-1)27-15-7-11-25(12-8-15)19-4-5-20(24-23-19)26-13-10-21-14-26/h1-6,9-10,13-15,22H,7-8,11-12H2. The average molecular weight is 360 g/mol. The van der Waals surface area contributed by atoms with Crippen LogP contribution in [0.2, 0.25) is 0 Å². The van der Waals surface area contributed by atoms with Gasteiger partial charge in [0.15, 0.2) is 11.6 Å². The highest BCUT2D eigenvalue weighted by Crippen LogP contribution is 2.28. The molecule has 4 heterocycles. The maximum Gasteiger partial charge on any atom is 0.160 e. The Bertz CT molecular complexity index is 1020. The Morgan fingerprint density at radius 3 is 2.63 bits per heavy atom. The fourth-order valence-corrected chi connectivity index (χ4v) is 3.56. The molecule has 1 aliphatic rings. The molecule has 0 aliphatic carbocycles. The molecule has 4 aromatic rings. The van der Waals surface area contributed by atoms with Gasteiger partial charge in [0.05, 0.1) is 0 Å². The summed E-state index contributed by atoms with van der Waals surface area (Å²) < 4.78 is 8.13. The monoisotopic (exact) mass is 360 g/mol. The third-order valence-electron chi connectivity index (χ3n) is 5.02. The first-order valence-electron chi connectivity index (χ1n) is 9.16. The largest absolute Gasteiger partial charge is 0.490 e. The highest BCUT2D eigenvalue weighted by Gasteiger charge is 2.22. The maximum absolute atomic E-state index is 6.29. The maximum atomic E-state index is 6.29. The van der Waals surface area contributed by atoms with E-state index in [1.54, 1.807) is 12.5 Å². The van der Waals surface area contributed by atoms with Crippen LogP contribution in [-0.2, 0) is 0 Å². The predicted octanol–water partition coefficient (Wildman–Crippen LogP) is 3.19. The number of piperidine rings is 1. The lowest BCUT2D eigenvalue weighted by atomic mass is 10.1. The number of hydrogen-bond acceptors (Lipinski definition) is 5. The van der Waals surface area contributed by atoms with Crippen LogP contribution < -0.4 is 9.64 Å². The topological polar surface area (TPSA) is 71.9 Å². The second-order valence-electron chi connectivity index (χ2n) is 6.72. The minimum atomic E-state index is 0.222. The lowest BCUT2D eigenvalue weighted by molar-refractivity contribution is 0.173. The van der Waals surface area contributed by atoms with Gasteiger partial charge in [0, 0.05) is 55.4 Å². The van der Waals surface area contributed by atoms with Gasteiger partial charge in [-0.2, -0.15) is 0 Å². The zero-order chi connectivity index (χ0) is 18.1. The zero-order valence-corrected chi connectivity index (χ0v) is 14.8. The molecular weight excluding hydrogens is 340 g/mol. The van der Waals surface area contributed by atoms with Gasteiger partial charge in [0.2, 0.25) is 0 Å². The molecule has 5 rings (SSSR count). The van der Waals surface area contributed by atoms with Crippen molar-refractivity contribution in [2.75, 3.05) is 18.0 Å². The van der Waals surface area contributed by atoms with Gasteiger partial charge < -0.3 is 14.6 Å². The number of rotatable bonds is 4. The van der Waals surface area contributed by atoms with Gasteiger partial charge in [-0.1, -0.05) is 6.07 Å². The molecule has 7 heteroatoms. The van der Waals surface area contributed by atoms with Crippen LogP contribution in [0.1, 0.15) is 12.8 Å². The summed E-state index contributed by atoms with van der Waals surface area (Å²) in [7, 11) is 0. The van der Waals surface area contributed by atoms with E-state index in [0.717, 1.165) is 54.2 Å². The minimum Gasteiger partial charge on any atom is -0.490 e. The molecule has 27 heavy (non-hydrogen) atoms. The van der Waals surface area contributed by atoms with Crippen molar-refractivity contribution >= 4 is 16.7 Å². The summed E-state index contributed by atoms with van der Waals surface area (Å²) in [4.78, 5) is 9.53. The van der Waals surface area contributed by atoms with Crippen LogP contribution in [0.4, 0.5) is 5.82 Å². The van der Waals surface area contributed by atoms with E-state index in [9.17, 15) is 0 Å². The molecule has 0 amide bonds. The molecule has 0 atom stereocenters. The minimum absolute atomic E-state index is 0.222. The summed E-state index contributed by atoms with van der Waals surface area (Å²) in [5.74, 6) is 2.63. The van der Waals surface area contributed by atoms with Crippen LogP contribution >= 0.6 is 0 Å². The predicted molar refractivity (Wildman–Crippen MR) is 103 cm³/mol. The van der Waals surface area contributed by atoms with E-state index in [1.165, 1.54) is 0 Å². The summed E-state index contributed by atoms with van der Waals surface area (Å²) in [6, 6.07) is 12.2. The Morgan fingerprint density at radius 1 is 1.00 bits per heavy atom. The summed E-state index contributed by atoms with van der Waals surface area (Å²) >= 11 is 0. The molecule has 1 saturated heterocycles. The van der Waals surface area contributed by atoms with Gasteiger partial charge in [-0.05, 0) is 30.3 Å². The van der Waals surface area contributed by atoms with Crippen LogP contribution in [0.5, 0.6) is 5.75 Å². The van der Waals surface area contributed by atoms with Crippen molar-refractivity contribution in [1.29, 1.82) is 0 Å². The summed E-state index contributed by atoms with van der Waals surface area (Å²) in [6.45, 7) is 1.82. The molecule has 1 aliphatic heterocycles. The van der Waals surface area contributed by atoms with Crippen molar-refractivity contribution < 1.29 is 4.74 Å². The first-order chi connectivity index (χ1) is 13.4. The second-order valence-corrected chi connectivity index (χ2v) is 6.72. The number of nitrogens with one attached hydrogen (secondary N) is 1. The van der Waals surface area contributed by atoms with Gasteiger partial charge in [0.25, 0.3) is 0 Å². The average Bonchev–Trinajstić information content (AvgIpc) is 3.41. The smallest absolute Gasteiger partial charge is 0.160 e. The molecule has 0 spiro atoms. The molecule has 136 valence electrons. The van der Waals surface area contributed by atoms with Gasteiger partial charge in [-0.25, -0.2) is 4.98 Å². The normalized spacial score (nSPS) is 15.3. The third kappa shape index (κ3) is 3.12. The molecule has 7 nitrogen and oxygen atoms in total. The van der Waals surface area contributed by atoms with Crippen LogP contribution in [-0.4, -0.2) is 43.9 Å². The highest BCUT2D eigenvalue weighted by atomic mass is 16.5. The molecule has 0 radical (unpaired) electrons. The fourth-order valence-electron chi connectivity index (χ4n) is 3.56. The lowest BCUT2D eigenvalue weighted by Crippen LogP contribution is -2.38. The molecule has 0 unspecified atom stereocenters. The van der Waals surface area contributed by atoms with Gasteiger partial charge in [-0.3, -0.25) is 4.57 Å². The van der Waals surface area contributed by atoms with E-state index < -0.39 is 0 Å². The Morgan fingerprint density at radius 2 is 1.85 bits per heavy atom. The van der Waals surface area contributed by atoms with Crippen molar-refractivity contribution in [3.63, 3.8) is 0 Å². The first kappa shape index (κ1) is 15.9. The van der Waals surface area contributed by atoms with Crippen molar-refractivity contribution in [2.24, 2.45) is 0 Å². The number of fused-ring (bicyclic) bond motifs is 1. The molecular formula is C20H20N6O. The van der Waals surface area contributed by atoms with E-state index in [4.69, 9.17) is 4.74 Å². The van der Waals surface area contributed by atoms with Crippen molar-refractivity contribution in [2.45, 2.75) is 18.9 Å². The number of anilines is 1. The van der Waals surface area contributed by atoms with Crippen molar-refractivity contribution in [3.05, 3.63) is 61.3 Å². The fraction of sp³-hybridized carbons (Fsp3) is 0.250. The van der Waals surface area contributed by atoms with Crippen LogP contribution in [0.3, 0.4) is 0 Å². The van der Waals surface area contributed by atoms with Gasteiger partial charge >= 0.3 is 0 Å². The molecule has 3 aromatic heterocycles.